The first-order valence-electron chi connectivity index (χ1n) is 37.0. The van der Waals surface area contributed by atoms with E-state index < -0.39 is 0 Å². The third kappa shape index (κ3) is 17.1. The van der Waals surface area contributed by atoms with Crippen LogP contribution in [0.3, 0.4) is 0 Å². The maximum Gasteiger partial charge on any atom is 0.197 e. The van der Waals surface area contributed by atoms with Crippen molar-refractivity contribution in [3.05, 3.63) is 173 Å². The number of ketones is 4. The van der Waals surface area contributed by atoms with Gasteiger partial charge in [-0.25, -0.2) is 0 Å². The number of carbonyl (C=O) groups is 4. The van der Waals surface area contributed by atoms with Gasteiger partial charge in [-0.05, 0) is 141 Å². The number of aryl methyl sites for hydroxylation is 2. The van der Waals surface area contributed by atoms with Gasteiger partial charge in [0.1, 0.15) is 0 Å². The van der Waals surface area contributed by atoms with Gasteiger partial charge in [0.2, 0.25) is 0 Å². The fourth-order valence-corrected chi connectivity index (χ4v) is 21.8. The van der Waals surface area contributed by atoms with Crippen LogP contribution in [0.25, 0.3) is 72.7 Å². The molecule has 10 heteroatoms. The van der Waals surface area contributed by atoms with Gasteiger partial charge >= 0.3 is 0 Å². The van der Waals surface area contributed by atoms with E-state index in [4.69, 9.17) is 0 Å². The SMILES string of the molecule is CC/C=C/CCCCCCCCc1cc(-c2cc3c(-c4ccc(CC(CC)CCCC)s4)c4sc(-c5cc(CCCCCCCCCCCC)c(C=C6C(=O)c7ccccc7C6=O)s5)cc4c(-c4ccc(CC(CC)CCCC)s4)c3s2)sc1C=C1C(=O)c2ccccc2C1=O. The van der Waals surface area contributed by atoms with Crippen molar-refractivity contribution in [2.24, 2.45) is 11.8 Å². The third-order valence-electron chi connectivity index (χ3n) is 20.1. The van der Waals surface area contributed by atoms with Gasteiger partial charge in [0.15, 0.2) is 23.1 Å². The first-order valence-corrected chi connectivity index (χ1v) is 41.9. The van der Waals surface area contributed by atoms with E-state index in [0.29, 0.717) is 34.1 Å². The summed E-state index contributed by atoms with van der Waals surface area (Å²) >= 11 is 11.2. The lowest BCUT2D eigenvalue weighted by atomic mass is 9.95. The molecule has 0 N–H and O–H groups in total. The van der Waals surface area contributed by atoms with E-state index in [2.05, 4.69) is 102 Å². The predicted octanol–water partition coefficient (Wildman–Crippen LogP) is 28.2. The van der Waals surface area contributed by atoms with Crippen molar-refractivity contribution < 1.29 is 19.2 Å². The molecule has 0 radical (unpaired) electrons. The van der Waals surface area contributed by atoms with Gasteiger partial charge in [0.25, 0.3) is 0 Å². The number of thiophene rings is 6. The highest BCUT2D eigenvalue weighted by atomic mass is 32.1. The van der Waals surface area contributed by atoms with Crippen LogP contribution in [-0.4, -0.2) is 23.1 Å². The molecule has 0 spiro atoms. The number of carbonyl (C=O) groups excluding carboxylic acids is 4. The number of allylic oxidation sites excluding steroid dienone is 4. The van der Waals surface area contributed by atoms with Gasteiger partial charge in [-0.1, -0.05) is 237 Å². The number of hydrogen-bond acceptors (Lipinski definition) is 10. The monoisotopic (exact) mass is 1390 g/mol. The summed E-state index contributed by atoms with van der Waals surface area (Å²) in [4.78, 5) is 68.7. The van der Waals surface area contributed by atoms with Gasteiger partial charge in [-0.3, -0.25) is 19.2 Å². The minimum atomic E-state index is -0.177. The smallest absolute Gasteiger partial charge is 0.197 e. The molecule has 0 aliphatic heterocycles. The predicted molar refractivity (Wildman–Crippen MR) is 422 cm³/mol. The van der Waals surface area contributed by atoms with Crippen LogP contribution in [0.1, 0.15) is 281 Å². The Labute approximate surface area is 597 Å². The van der Waals surface area contributed by atoms with Crippen molar-refractivity contribution in [2.45, 2.75) is 234 Å². The maximum absolute atomic E-state index is 14.1. The second-order valence-corrected chi connectivity index (χ2v) is 33.8. The lowest BCUT2D eigenvalue weighted by molar-refractivity contribution is 0.0975. The minimum Gasteiger partial charge on any atom is -0.288 e. The van der Waals surface area contributed by atoms with Crippen molar-refractivity contribution >= 4 is 123 Å². The fraction of sp³-hybridized carbons (Fsp3) is 0.442. The molecule has 504 valence electrons. The quantitative estimate of drug-likeness (QED) is 0.0167. The Morgan fingerprint density at radius 2 is 0.740 bits per heavy atom. The molecule has 2 aliphatic rings. The average Bonchev–Trinajstić information content (AvgIpc) is 1.56. The number of benzene rings is 3. The molecule has 2 unspecified atom stereocenters. The molecule has 0 fully saturated rings. The Bertz CT molecular complexity index is 4040. The van der Waals surface area contributed by atoms with Gasteiger partial charge in [0, 0.05) is 102 Å². The summed E-state index contributed by atoms with van der Waals surface area (Å²) in [5, 5.41) is 2.55. The van der Waals surface area contributed by atoms with Crippen molar-refractivity contribution in [3.63, 3.8) is 0 Å². The molecule has 9 aromatic rings. The molecule has 96 heavy (non-hydrogen) atoms. The summed E-state index contributed by atoms with van der Waals surface area (Å²) in [7, 11) is 0. The van der Waals surface area contributed by atoms with E-state index in [1.165, 1.54) is 210 Å². The molecular formula is C86H100O4S6. The van der Waals surface area contributed by atoms with Gasteiger partial charge in [-0.15, -0.1) is 68.0 Å². The molecule has 11 rings (SSSR count). The Morgan fingerprint density at radius 3 is 1.12 bits per heavy atom. The highest BCUT2D eigenvalue weighted by Crippen LogP contribution is 2.56. The molecule has 6 aromatic heterocycles. The molecule has 4 nitrogen and oxygen atoms in total. The second kappa shape index (κ2) is 35.4. The van der Waals surface area contributed by atoms with Crippen LogP contribution in [0.15, 0.2) is 120 Å². The molecule has 0 saturated heterocycles. The Kier molecular flexibility index (Phi) is 26.4. The van der Waals surface area contributed by atoms with Crippen LogP contribution in [0, 0.1) is 11.8 Å². The molecule has 3 aromatic carbocycles. The Morgan fingerprint density at radius 1 is 0.365 bits per heavy atom. The summed E-state index contributed by atoms with van der Waals surface area (Å²) < 4.78 is 2.58. The topological polar surface area (TPSA) is 68.3 Å². The molecule has 6 heterocycles. The van der Waals surface area contributed by atoms with Crippen molar-refractivity contribution in [1.29, 1.82) is 0 Å². The normalized spacial score (nSPS) is 13.9. The second-order valence-electron chi connectivity index (χ2n) is 27.2. The summed E-state index contributed by atoms with van der Waals surface area (Å²) in [5.74, 6) is 0.582. The van der Waals surface area contributed by atoms with Crippen molar-refractivity contribution in [2.75, 3.05) is 0 Å². The van der Waals surface area contributed by atoms with Gasteiger partial charge < -0.3 is 0 Å². The average molecular weight is 1390 g/mol. The highest BCUT2D eigenvalue weighted by molar-refractivity contribution is 7.29. The summed E-state index contributed by atoms with van der Waals surface area (Å²) in [5.41, 5.74) is 7.59. The standard InChI is InChI=1S/C86H100O4S6/c1-7-13-17-19-21-23-25-27-29-31-39-59-51-75(93-73(59)55-69-81(87)63-41-33-34-42-64(63)82(69)88)77-53-67-79(71-47-45-61(91-71)49-57(11-5)37-15-9-3)86-68(80(85(67)95-77)72-48-46-62(92-72)50-58(12-6)38-16-10-4)54-78(96-86)76-52-60(40-32-30-28-26-24-22-20-18-14-8-2)74(94-76)56-70-83(89)65-43-35-36-44-66(65)84(70)90/h13,17,33-36,41-48,51-58H,7-12,14-16,18-32,37-40,49-50H2,1-6H3/b17-13+. The van der Waals surface area contributed by atoms with Gasteiger partial charge in [0.05, 0.1) is 11.1 Å². The molecule has 0 saturated carbocycles. The molecular weight excluding hydrogens is 1290 g/mol. The zero-order valence-corrected chi connectivity index (χ0v) is 62.9. The van der Waals surface area contributed by atoms with E-state index in [-0.39, 0.29) is 34.3 Å². The van der Waals surface area contributed by atoms with Crippen LogP contribution < -0.4 is 0 Å². The fourth-order valence-electron chi connectivity index (χ4n) is 14.4. The Balaban J connectivity index is 1.05. The summed E-state index contributed by atoms with van der Waals surface area (Å²) in [6, 6.07) is 34.1. The van der Waals surface area contributed by atoms with Crippen LogP contribution >= 0.6 is 68.0 Å². The first-order chi connectivity index (χ1) is 47.0. The molecule has 0 bridgehead atoms. The van der Waals surface area contributed by atoms with E-state index in [0.717, 1.165) is 74.0 Å². The van der Waals surface area contributed by atoms with Crippen LogP contribution in [0.5, 0.6) is 0 Å². The van der Waals surface area contributed by atoms with Gasteiger partial charge in [-0.2, -0.15) is 0 Å². The number of hydrogen-bond donors (Lipinski definition) is 0. The molecule has 2 atom stereocenters. The van der Waals surface area contributed by atoms with E-state index >= 15 is 0 Å². The van der Waals surface area contributed by atoms with E-state index in [1.807, 2.05) is 81.8 Å². The van der Waals surface area contributed by atoms with Crippen molar-refractivity contribution in [3.8, 4) is 40.4 Å². The zero-order chi connectivity index (χ0) is 66.9. The third-order valence-corrected chi connectivity index (χ3v) is 27.3. The lowest BCUT2D eigenvalue weighted by Gasteiger charge is -2.13. The first kappa shape index (κ1) is 71.6. The zero-order valence-electron chi connectivity index (χ0n) is 58.0. The number of Topliss-reactive ketones (excluding diaryl/α,β-unsaturated/α-hetero) is 4. The maximum atomic E-state index is 14.1. The largest absolute Gasteiger partial charge is 0.288 e. The van der Waals surface area contributed by atoms with Crippen LogP contribution in [0.4, 0.5) is 0 Å². The summed E-state index contributed by atoms with van der Waals surface area (Å²) in [6.45, 7) is 13.8. The highest BCUT2D eigenvalue weighted by Gasteiger charge is 2.35. The Hall–Kier alpha value is -5.72. The van der Waals surface area contributed by atoms with E-state index in [1.54, 1.807) is 46.9 Å². The minimum absolute atomic E-state index is 0.174. The molecule has 2 aliphatic carbocycles. The number of rotatable bonds is 39. The number of unbranched alkanes of at least 4 members (excludes halogenated alkanes) is 17. The van der Waals surface area contributed by atoms with E-state index in [9.17, 15) is 19.2 Å². The molecule has 0 amide bonds. The van der Waals surface area contributed by atoms with Crippen LogP contribution in [-0.2, 0) is 25.7 Å². The number of fused-ring (bicyclic) bond motifs is 4. The lowest BCUT2D eigenvalue weighted by Crippen LogP contribution is -2.01. The summed E-state index contributed by atoms with van der Waals surface area (Å²) in [6.07, 6.45) is 44.2. The van der Waals surface area contributed by atoms with Crippen LogP contribution in [0.2, 0.25) is 0 Å². The van der Waals surface area contributed by atoms with Crippen molar-refractivity contribution in [1.82, 2.24) is 0 Å².